The topological polar surface area (TPSA) is 42.2 Å². The van der Waals surface area contributed by atoms with Crippen molar-refractivity contribution >= 4 is 11.6 Å². The number of hydrogen-bond acceptors (Lipinski definition) is 4. The van der Waals surface area contributed by atoms with E-state index in [0.717, 1.165) is 28.6 Å². The number of hydrogen-bond donors (Lipinski definition) is 0. The summed E-state index contributed by atoms with van der Waals surface area (Å²) in [5.41, 5.74) is 4.44. The summed E-state index contributed by atoms with van der Waals surface area (Å²) in [5, 5.41) is 5.03. The maximum atomic E-state index is 6.65. The number of halogens is 1. The Bertz CT molecular complexity index is 1030. The summed E-state index contributed by atoms with van der Waals surface area (Å²) in [5.74, 6) is 2.57. The van der Waals surface area contributed by atoms with E-state index in [1.165, 1.54) is 69.2 Å². The summed E-state index contributed by atoms with van der Waals surface area (Å²) >= 11 is 6.65. The van der Waals surface area contributed by atoms with Crippen LogP contribution in [-0.2, 0) is 6.54 Å². The van der Waals surface area contributed by atoms with Gasteiger partial charge in [-0.2, -0.15) is 4.98 Å². The quantitative estimate of drug-likeness (QED) is 0.408. The molecule has 0 spiro atoms. The highest BCUT2D eigenvalue weighted by molar-refractivity contribution is 6.31. The third-order valence-corrected chi connectivity index (χ3v) is 7.54. The molecule has 1 saturated heterocycles. The zero-order valence-electron chi connectivity index (χ0n) is 18.9. The largest absolute Gasteiger partial charge is 0.334 e. The molecule has 1 saturated carbocycles. The van der Waals surface area contributed by atoms with E-state index < -0.39 is 0 Å². The van der Waals surface area contributed by atoms with Gasteiger partial charge in [0.2, 0.25) is 5.82 Å². The van der Waals surface area contributed by atoms with Gasteiger partial charge in [0.1, 0.15) is 0 Å². The van der Waals surface area contributed by atoms with Crippen LogP contribution in [0.3, 0.4) is 0 Å². The second-order valence-corrected chi connectivity index (χ2v) is 10.1. The van der Waals surface area contributed by atoms with Crippen molar-refractivity contribution in [3.05, 3.63) is 58.6 Å². The molecule has 1 aromatic heterocycles. The zero-order chi connectivity index (χ0) is 21.9. The summed E-state index contributed by atoms with van der Waals surface area (Å²) < 4.78 is 5.58. The molecule has 1 aliphatic carbocycles. The minimum atomic E-state index is 0.517. The van der Waals surface area contributed by atoms with Crippen LogP contribution in [0.4, 0.5) is 0 Å². The fourth-order valence-electron chi connectivity index (χ4n) is 5.10. The van der Waals surface area contributed by atoms with Crippen LogP contribution < -0.4 is 0 Å². The van der Waals surface area contributed by atoms with Gasteiger partial charge in [-0.05, 0) is 73.9 Å². The lowest BCUT2D eigenvalue weighted by Gasteiger charge is -2.30. The molecule has 1 aliphatic heterocycles. The Morgan fingerprint density at radius 3 is 2.38 bits per heavy atom. The molecule has 2 aromatic carbocycles. The van der Waals surface area contributed by atoms with E-state index >= 15 is 0 Å². The molecule has 32 heavy (non-hydrogen) atoms. The van der Waals surface area contributed by atoms with E-state index in [-0.39, 0.29) is 0 Å². The lowest BCUT2D eigenvalue weighted by atomic mass is 9.84. The molecule has 0 N–H and O–H groups in total. The van der Waals surface area contributed by atoms with Crippen molar-refractivity contribution in [2.45, 2.75) is 64.3 Å². The number of aromatic nitrogens is 2. The van der Waals surface area contributed by atoms with Crippen LogP contribution in [0.25, 0.3) is 22.8 Å². The molecule has 2 heterocycles. The second-order valence-electron chi connectivity index (χ2n) is 9.65. The molecule has 168 valence electrons. The molecule has 3 aromatic rings. The number of benzene rings is 2. The van der Waals surface area contributed by atoms with E-state index in [2.05, 4.69) is 58.4 Å². The van der Waals surface area contributed by atoms with Crippen LogP contribution in [-0.4, -0.2) is 28.1 Å². The van der Waals surface area contributed by atoms with Gasteiger partial charge in [0, 0.05) is 22.7 Å². The molecule has 4 nitrogen and oxygen atoms in total. The molecule has 0 amide bonds. The van der Waals surface area contributed by atoms with Crippen molar-refractivity contribution in [3.63, 3.8) is 0 Å². The molecule has 2 fully saturated rings. The monoisotopic (exact) mass is 449 g/mol. The van der Waals surface area contributed by atoms with Crippen LogP contribution in [0.2, 0.25) is 5.02 Å². The van der Waals surface area contributed by atoms with Crippen LogP contribution in [0.5, 0.6) is 0 Å². The second kappa shape index (κ2) is 9.76. The summed E-state index contributed by atoms with van der Waals surface area (Å²) in [6, 6.07) is 14.7. The summed E-state index contributed by atoms with van der Waals surface area (Å²) in [7, 11) is 0. The first-order chi connectivity index (χ1) is 15.7. The molecule has 0 atom stereocenters. The SMILES string of the molecule is CC1CCN(Cc2ccc(-c3noc(-c4ccc(C5CCCCC5)c(Cl)c4)n3)cc2)CC1. The van der Waals surface area contributed by atoms with Gasteiger partial charge >= 0.3 is 0 Å². The fourth-order valence-corrected chi connectivity index (χ4v) is 5.44. The predicted octanol–water partition coefficient (Wildman–Crippen LogP) is 7.34. The van der Waals surface area contributed by atoms with E-state index in [0.29, 0.717) is 17.6 Å². The van der Waals surface area contributed by atoms with Gasteiger partial charge in [0.15, 0.2) is 0 Å². The average molecular weight is 450 g/mol. The Balaban J connectivity index is 1.27. The van der Waals surface area contributed by atoms with E-state index in [1.807, 2.05) is 6.07 Å². The molecule has 0 bridgehead atoms. The molecular weight excluding hydrogens is 418 g/mol. The highest BCUT2D eigenvalue weighted by Gasteiger charge is 2.20. The molecule has 0 unspecified atom stereocenters. The molecular formula is C27H32ClN3O. The minimum absolute atomic E-state index is 0.517. The number of likely N-dealkylation sites (tertiary alicyclic amines) is 1. The standard InChI is InChI=1S/C27H32ClN3O/c1-19-13-15-31(16-14-19)18-20-7-9-22(10-8-20)26-29-27(32-30-26)23-11-12-24(25(28)17-23)21-5-3-2-4-6-21/h7-12,17,19,21H,2-6,13-16,18H2,1H3. The predicted molar refractivity (Wildman–Crippen MR) is 130 cm³/mol. The molecule has 2 aliphatic rings. The Morgan fingerprint density at radius 1 is 0.938 bits per heavy atom. The highest BCUT2D eigenvalue weighted by Crippen LogP contribution is 2.38. The first-order valence-corrected chi connectivity index (χ1v) is 12.5. The van der Waals surface area contributed by atoms with Crippen LogP contribution in [0.1, 0.15) is 68.9 Å². The van der Waals surface area contributed by atoms with Crippen molar-refractivity contribution in [1.29, 1.82) is 0 Å². The average Bonchev–Trinajstić information content (AvgIpc) is 3.32. The lowest BCUT2D eigenvalue weighted by molar-refractivity contribution is 0.185. The first-order valence-electron chi connectivity index (χ1n) is 12.1. The number of nitrogens with zero attached hydrogens (tertiary/aromatic N) is 3. The van der Waals surface area contributed by atoms with Crippen molar-refractivity contribution in [1.82, 2.24) is 15.0 Å². The van der Waals surface area contributed by atoms with Gasteiger partial charge in [-0.1, -0.05) is 73.3 Å². The van der Waals surface area contributed by atoms with Gasteiger partial charge < -0.3 is 4.52 Å². The van der Waals surface area contributed by atoms with Crippen molar-refractivity contribution in [2.24, 2.45) is 5.92 Å². The van der Waals surface area contributed by atoms with Crippen LogP contribution >= 0.6 is 11.6 Å². The Hall–Kier alpha value is -2.17. The summed E-state index contributed by atoms with van der Waals surface area (Å²) in [6.45, 7) is 5.75. The minimum Gasteiger partial charge on any atom is -0.334 e. The normalized spacial score (nSPS) is 18.8. The van der Waals surface area contributed by atoms with Gasteiger partial charge in [0.05, 0.1) is 0 Å². The maximum absolute atomic E-state index is 6.65. The van der Waals surface area contributed by atoms with Gasteiger partial charge in [0.25, 0.3) is 5.89 Å². The number of piperidine rings is 1. The van der Waals surface area contributed by atoms with Crippen molar-refractivity contribution < 1.29 is 4.52 Å². The third-order valence-electron chi connectivity index (χ3n) is 7.21. The van der Waals surface area contributed by atoms with Crippen molar-refractivity contribution in [3.8, 4) is 22.8 Å². The molecule has 5 heteroatoms. The van der Waals surface area contributed by atoms with E-state index in [1.54, 1.807) is 0 Å². The number of rotatable bonds is 5. The Labute approximate surface area is 196 Å². The lowest BCUT2D eigenvalue weighted by Crippen LogP contribution is -2.32. The first kappa shape index (κ1) is 21.7. The third kappa shape index (κ3) is 4.92. The van der Waals surface area contributed by atoms with E-state index in [9.17, 15) is 0 Å². The smallest absolute Gasteiger partial charge is 0.258 e. The van der Waals surface area contributed by atoms with Gasteiger partial charge in [-0.3, -0.25) is 4.90 Å². The Kier molecular flexibility index (Phi) is 6.61. The Morgan fingerprint density at radius 2 is 1.66 bits per heavy atom. The summed E-state index contributed by atoms with van der Waals surface area (Å²) in [4.78, 5) is 7.18. The van der Waals surface area contributed by atoms with Gasteiger partial charge in [-0.25, -0.2) is 0 Å². The maximum Gasteiger partial charge on any atom is 0.258 e. The highest BCUT2D eigenvalue weighted by atomic mass is 35.5. The zero-order valence-corrected chi connectivity index (χ0v) is 19.7. The van der Waals surface area contributed by atoms with E-state index in [4.69, 9.17) is 16.1 Å². The fraction of sp³-hybridized carbons (Fsp3) is 0.481. The van der Waals surface area contributed by atoms with Crippen LogP contribution in [0, 0.1) is 5.92 Å². The molecule has 5 rings (SSSR count). The molecule has 0 radical (unpaired) electrons. The summed E-state index contributed by atoms with van der Waals surface area (Å²) in [6.07, 6.45) is 9.01. The van der Waals surface area contributed by atoms with Gasteiger partial charge in [-0.15, -0.1) is 0 Å². The van der Waals surface area contributed by atoms with Crippen LogP contribution in [0.15, 0.2) is 47.0 Å². The van der Waals surface area contributed by atoms with Crippen molar-refractivity contribution in [2.75, 3.05) is 13.1 Å².